The Hall–Kier alpha value is -1.98. The average molecular weight is 351 g/mol. The van der Waals surface area contributed by atoms with Gasteiger partial charge in [-0.3, -0.25) is 4.98 Å². The van der Waals surface area contributed by atoms with Crippen molar-refractivity contribution in [1.29, 1.82) is 0 Å². The summed E-state index contributed by atoms with van der Waals surface area (Å²) in [6, 6.07) is 2.56. The van der Waals surface area contributed by atoms with E-state index in [9.17, 15) is 13.2 Å². The number of hydrogen-bond donors (Lipinski definition) is 0. The van der Waals surface area contributed by atoms with Crippen LogP contribution in [0.15, 0.2) is 30.7 Å². The largest absolute Gasteiger partial charge is 0.433 e. The maximum atomic E-state index is 12.6. The second kappa shape index (κ2) is 7.93. The summed E-state index contributed by atoms with van der Waals surface area (Å²) in [6.45, 7) is 8.27. The normalized spacial score (nSPS) is 14.6. The van der Waals surface area contributed by atoms with E-state index in [1.54, 1.807) is 0 Å². The Kier molecular flexibility index (Phi) is 6.14. The topological polar surface area (TPSA) is 38.7 Å². The first-order valence-electron chi connectivity index (χ1n) is 8.53. The van der Waals surface area contributed by atoms with Crippen molar-refractivity contribution in [3.8, 4) is 0 Å². The highest BCUT2D eigenvalue weighted by Gasteiger charge is 2.32. The number of nitrogens with zero attached hydrogens (tertiary/aromatic N) is 3. The molecule has 0 aliphatic rings. The van der Waals surface area contributed by atoms with Gasteiger partial charge in [-0.25, -0.2) is 9.97 Å². The van der Waals surface area contributed by atoms with Crippen LogP contribution in [-0.2, 0) is 6.18 Å². The maximum absolute atomic E-state index is 12.6. The first-order chi connectivity index (χ1) is 11.7. The van der Waals surface area contributed by atoms with Crippen molar-refractivity contribution in [2.75, 3.05) is 0 Å². The van der Waals surface area contributed by atoms with Gasteiger partial charge in [0.2, 0.25) is 0 Å². The summed E-state index contributed by atoms with van der Waals surface area (Å²) in [6.07, 6.45) is 2.37. The lowest BCUT2D eigenvalue weighted by molar-refractivity contribution is -0.141. The third kappa shape index (κ3) is 5.25. The number of aromatic nitrogens is 3. The Balaban J connectivity index is 1.93. The van der Waals surface area contributed by atoms with Gasteiger partial charge >= 0.3 is 6.18 Å². The zero-order chi connectivity index (χ0) is 18.6. The van der Waals surface area contributed by atoms with Crippen LogP contribution in [0.3, 0.4) is 0 Å². The van der Waals surface area contributed by atoms with Crippen LogP contribution < -0.4 is 0 Å². The molecule has 0 aliphatic heterocycles. The zero-order valence-corrected chi connectivity index (χ0v) is 15.0. The molecule has 0 N–H and O–H groups in total. The van der Waals surface area contributed by atoms with Gasteiger partial charge in [-0.15, -0.1) is 0 Å². The molecule has 2 unspecified atom stereocenters. The molecule has 136 valence electrons. The average Bonchev–Trinajstić information content (AvgIpc) is 2.58. The first-order valence-corrected chi connectivity index (χ1v) is 8.53. The van der Waals surface area contributed by atoms with Crippen molar-refractivity contribution in [3.63, 3.8) is 0 Å². The first kappa shape index (κ1) is 19.3. The molecule has 3 nitrogen and oxygen atoms in total. The fraction of sp³-hybridized carbons (Fsp3) is 0.526. The van der Waals surface area contributed by atoms with Crippen LogP contribution in [-0.4, -0.2) is 15.0 Å². The van der Waals surface area contributed by atoms with E-state index in [1.807, 2.05) is 19.3 Å². The highest BCUT2D eigenvalue weighted by molar-refractivity contribution is 5.19. The summed E-state index contributed by atoms with van der Waals surface area (Å²) in [5.41, 5.74) is 1.08. The minimum Gasteiger partial charge on any atom is -0.251 e. The summed E-state index contributed by atoms with van der Waals surface area (Å²) < 4.78 is 37.7. The van der Waals surface area contributed by atoms with Crippen LogP contribution in [0.1, 0.15) is 80.9 Å². The Morgan fingerprint density at radius 3 is 1.84 bits per heavy atom. The molecule has 0 radical (unpaired) electrons. The van der Waals surface area contributed by atoms with E-state index in [4.69, 9.17) is 0 Å². The molecule has 6 heteroatoms. The highest BCUT2D eigenvalue weighted by Crippen LogP contribution is 2.30. The van der Waals surface area contributed by atoms with E-state index in [1.165, 1.54) is 12.3 Å². The van der Waals surface area contributed by atoms with Crippen molar-refractivity contribution < 1.29 is 13.2 Å². The molecule has 0 saturated heterocycles. The molecule has 0 bridgehead atoms. The van der Waals surface area contributed by atoms with Crippen LogP contribution in [0.4, 0.5) is 13.2 Å². The summed E-state index contributed by atoms with van der Waals surface area (Å²) >= 11 is 0. The Morgan fingerprint density at radius 1 is 0.800 bits per heavy atom. The van der Waals surface area contributed by atoms with E-state index in [-0.39, 0.29) is 11.8 Å². The van der Waals surface area contributed by atoms with E-state index in [0.717, 1.165) is 35.9 Å². The Labute approximate surface area is 146 Å². The molecule has 2 aromatic rings. The van der Waals surface area contributed by atoms with Gasteiger partial charge in [0.15, 0.2) is 0 Å². The summed E-state index contributed by atoms with van der Waals surface area (Å²) in [7, 11) is 0. The molecule has 25 heavy (non-hydrogen) atoms. The Morgan fingerprint density at radius 2 is 1.36 bits per heavy atom. The third-order valence-electron chi connectivity index (χ3n) is 4.48. The summed E-state index contributed by atoms with van der Waals surface area (Å²) in [5, 5.41) is 0. The van der Waals surface area contributed by atoms with Crippen LogP contribution >= 0.6 is 0 Å². The number of alkyl halides is 3. The molecule has 0 aliphatic carbocycles. The van der Waals surface area contributed by atoms with Gasteiger partial charge in [0.1, 0.15) is 11.5 Å². The van der Waals surface area contributed by atoms with Crippen LogP contribution in [0.5, 0.6) is 0 Å². The van der Waals surface area contributed by atoms with Crippen molar-refractivity contribution in [2.24, 2.45) is 0 Å². The predicted molar refractivity (Wildman–Crippen MR) is 91.4 cm³/mol. The second-order valence-electron chi connectivity index (χ2n) is 6.88. The van der Waals surface area contributed by atoms with Gasteiger partial charge in [-0.2, -0.15) is 13.2 Å². The number of hydrogen-bond acceptors (Lipinski definition) is 3. The summed E-state index contributed by atoms with van der Waals surface area (Å²) in [4.78, 5) is 12.4. The second-order valence-corrected chi connectivity index (χ2v) is 6.88. The van der Waals surface area contributed by atoms with Gasteiger partial charge in [0.05, 0.1) is 0 Å². The van der Waals surface area contributed by atoms with Gasteiger partial charge in [0.25, 0.3) is 0 Å². The van der Waals surface area contributed by atoms with Gasteiger partial charge in [-0.05, 0) is 41.9 Å². The molecule has 0 aromatic carbocycles. The lowest BCUT2D eigenvalue weighted by atomic mass is 9.93. The van der Waals surface area contributed by atoms with E-state index in [2.05, 4.69) is 35.7 Å². The molecular weight excluding hydrogens is 327 g/mol. The molecule has 2 aromatic heterocycles. The lowest BCUT2D eigenvalue weighted by Gasteiger charge is -2.16. The minimum absolute atomic E-state index is 0.132. The predicted octanol–water partition coefficient (Wildman–Crippen LogP) is 5.70. The van der Waals surface area contributed by atoms with Crippen molar-refractivity contribution >= 4 is 0 Å². The number of halogens is 3. The quantitative estimate of drug-likeness (QED) is 0.670. The molecule has 2 atom stereocenters. The van der Waals surface area contributed by atoms with E-state index in [0.29, 0.717) is 5.92 Å². The van der Waals surface area contributed by atoms with Crippen LogP contribution in [0, 0.1) is 0 Å². The van der Waals surface area contributed by atoms with Gasteiger partial charge < -0.3 is 0 Å². The molecule has 0 fully saturated rings. The Bertz CT molecular complexity index is 664. The molecular formula is C19H24F3N3. The zero-order valence-electron chi connectivity index (χ0n) is 15.0. The van der Waals surface area contributed by atoms with Crippen molar-refractivity contribution in [2.45, 2.75) is 64.5 Å². The van der Waals surface area contributed by atoms with Crippen molar-refractivity contribution in [3.05, 3.63) is 53.4 Å². The lowest BCUT2D eigenvalue weighted by Crippen LogP contribution is -2.08. The van der Waals surface area contributed by atoms with Gasteiger partial charge in [0, 0.05) is 24.5 Å². The maximum Gasteiger partial charge on any atom is 0.433 e. The monoisotopic (exact) mass is 351 g/mol. The number of rotatable bonds is 6. The molecule has 0 amide bonds. The molecule has 2 heterocycles. The van der Waals surface area contributed by atoms with Gasteiger partial charge in [-0.1, -0.05) is 33.8 Å². The molecule has 0 spiro atoms. The highest BCUT2D eigenvalue weighted by atomic mass is 19.4. The van der Waals surface area contributed by atoms with Crippen molar-refractivity contribution in [1.82, 2.24) is 15.0 Å². The van der Waals surface area contributed by atoms with E-state index >= 15 is 0 Å². The standard InChI is InChI=1S/C19H24F3N3/c1-12(2)16-10-24-18(25-11-16)14(4)6-5-13(3)15-7-8-17(23-9-15)19(20,21)22/h7-14H,5-6H2,1-4H3. The van der Waals surface area contributed by atoms with E-state index < -0.39 is 11.9 Å². The minimum atomic E-state index is -4.39. The SMILES string of the molecule is CC(C)c1cnc(C(C)CCC(C)c2ccc(C(F)(F)F)nc2)nc1. The number of pyridine rings is 1. The smallest absolute Gasteiger partial charge is 0.251 e. The van der Waals surface area contributed by atoms with Crippen LogP contribution in [0.2, 0.25) is 0 Å². The fourth-order valence-corrected chi connectivity index (χ4v) is 2.56. The fourth-order valence-electron chi connectivity index (χ4n) is 2.56. The summed E-state index contributed by atoms with van der Waals surface area (Å²) in [5.74, 6) is 1.54. The molecule has 2 rings (SSSR count). The molecule has 0 saturated carbocycles. The third-order valence-corrected chi connectivity index (χ3v) is 4.48. The van der Waals surface area contributed by atoms with Crippen LogP contribution in [0.25, 0.3) is 0 Å².